The van der Waals surface area contributed by atoms with Crippen LogP contribution in [0.25, 0.3) is 11.1 Å². The summed E-state index contributed by atoms with van der Waals surface area (Å²) in [7, 11) is 0. The third-order valence-electron chi connectivity index (χ3n) is 3.98. The molecular formula is C19H16N2S. The van der Waals surface area contributed by atoms with Gasteiger partial charge in [0, 0.05) is 6.42 Å². The van der Waals surface area contributed by atoms with E-state index in [4.69, 9.17) is 0 Å². The zero-order valence-electron chi connectivity index (χ0n) is 12.1. The normalized spacial score (nSPS) is 17.1. The zero-order valence-corrected chi connectivity index (χ0v) is 12.9. The topological polar surface area (TPSA) is 24.4 Å². The Hall–Kier alpha value is -2.39. The molecule has 1 N–H and O–H groups in total. The molecule has 0 aliphatic carbocycles. The van der Waals surface area contributed by atoms with Crippen molar-refractivity contribution < 1.29 is 0 Å². The molecule has 3 heteroatoms. The first-order chi connectivity index (χ1) is 10.9. The first-order valence-electron chi connectivity index (χ1n) is 7.41. The standard InChI is InChI=1S/C19H16N2S/c1-2-5-14(6-3-1)15-8-10-16(11-9-15)17-13-18(21-20-17)19-7-4-12-22-19/h1-12,17,20H,13H2. The van der Waals surface area contributed by atoms with Crippen molar-refractivity contribution >= 4 is 17.0 Å². The highest BCUT2D eigenvalue weighted by atomic mass is 32.1. The lowest BCUT2D eigenvalue weighted by molar-refractivity contribution is 0.620. The third-order valence-corrected chi connectivity index (χ3v) is 4.90. The molecule has 0 saturated heterocycles. The van der Waals surface area contributed by atoms with E-state index in [-0.39, 0.29) is 6.04 Å². The van der Waals surface area contributed by atoms with E-state index in [1.54, 1.807) is 11.3 Å². The Morgan fingerprint density at radius 1 is 0.864 bits per heavy atom. The highest BCUT2D eigenvalue weighted by molar-refractivity contribution is 7.12. The van der Waals surface area contributed by atoms with Gasteiger partial charge in [-0.25, -0.2) is 0 Å². The second-order valence-corrected chi connectivity index (χ2v) is 6.36. The molecular weight excluding hydrogens is 288 g/mol. The maximum Gasteiger partial charge on any atom is 0.0799 e. The summed E-state index contributed by atoms with van der Waals surface area (Å²) >= 11 is 1.75. The largest absolute Gasteiger partial charge is 0.302 e. The molecule has 108 valence electrons. The fourth-order valence-corrected chi connectivity index (χ4v) is 3.50. The quantitative estimate of drug-likeness (QED) is 0.734. The van der Waals surface area contributed by atoms with Gasteiger partial charge in [0.05, 0.1) is 16.6 Å². The van der Waals surface area contributed by atoms with Crippen LogP contribution in [0.2, 0.25) is 0 Å². The van der Waals surface area contributed by atoms with Crippen molar-refractivity contribution in [3.8, 4) is 11.1 Å². The lowest BCUT2D eigenvalue weighted by Gasteiger charge is -2.11. The SMILES string of the molecule is c1ccc(-c2ccc(C3CC(c4cccs4)=NN3)cc2)cc1. The smallest absolute Gasteiger partial charge is 0.0799 e. The van der Waals surface area contributed by atoms with Gasteiger partial charge in [0.25, 0.3) is 0 Å². The molecule has 0 radical (unpaired) electrons. The summed E-state index contributed by atoms with van der Waals surface area (Å²) in [6.07, 6.45) is 0.950. The van der Waals surface area contributed by atoms with E-state index in [1.165, 1.54) is 21.6 Å². The first-order valence-corrected chi connectivity index (χ1v) is 8.29. The Kier molecular flexibility index (Phi) is 3.49. The zero-order chi connectivity index (χ0) is 14.8. The Balaban J connectivity index is 1.51. The number of thiophene rings is 1. The minimum atomic E-state index is 0.280. The molecule has 22 heavy (non-hydrogen) atoms. The predicted octanol–water partition coefficient (Wildman–Crippen LogP) is 4.85. The van der Waals surface area contributed by atoms with Crippen LogP contribution in [0.15, 0.2) is 77.2 Å². The number of nitrogens with one attached hydrogen (secondary N) is 1. The van der Waals surface area contributed by atoms with Crippen LogP contribution in [-0.4, -0.2) is 5.71 Å². The van der Waals surface area contributed by atoms with Gasteiger partial charge in [-0.3, -0.25) is 0 Å². The fourth-order valence-electron chi connectivity index (χ4n) is 2.77. The van der Waals surface area contributed by atoms with Gasteiger partial charge in [0.2, 0.25) is 0 Å². The maximum absolute atomic E-state index is 4.49. The van der Waals surface area contributed by atoms with Crippen LogP contribution in [-0.2, 0) is 0 Å². The molecule has 1 unspecified atom stereocenters. The first kappa shape index (κ1) is 13.3. The van der Waals surface area contributed by atoms with Crippen molar-refractivity contribution in [1.82, 2.24) is 5.43 Å². The van der Waals surface area contributed by atoms with Crippen LogP contribution in [0.4, 0.5) is 0 Å². The minimum Gasteiger partial charge on any atom is -0.302 e. The van der Waals surface area contributed by atoms with Crippen LogP contribution in [0.5, 0.6) is 0 Å². The van der Waals surface area contributed by atoms with E-state index in [1.807, 2.05) is 6.07 Å². The Morgan fingerprint density at radius 3 is 2.36 bits per heavy atom. The Labute approximate surface area is 134 Å². The lowest BCUT2D eigenvalue weighted by atomic mass is 9.98. The summed E-state index contributed by atoms with van der Waals surface area (Å²) in [5.41, 5.74) is 8.22. The third kappa shape index (κ3) is 2.55. The van der Waals surface area contributed by atoms with E-state index < -0.39 is 0 Å². The average molecular weight is 304 g/mol. The maximum atomic E-state index is 4.49. The van der Waals surface area contributed by atoms with Crippen LogP contribution in [0.3, 0.4) is 0 Å². The summed E-state index contributed by atoms with van der Waals surface area (Å²) in [6.45, 7) is 0. The van der Waals surface area contributed by atoms with E-state index in [0.717, 1.165) is 12.1 Å². The van der Waals surface area contributed by atoms with Gasteiger partial charge in [0.15, 0.2) is 0 Å². The van der Waals surface area contributed by atoms with Gasteiger partial charge in [-0.2, -0.15) is 5.10 Å². The molecule has 1 aromatic heterocycles. The van der Waals surface area contributed by atoms with Crippen molar-refractivity contribution in [1.29, 1.82) is 0 Å². The van der Waals surface area contributed by atoms with E-state index in [0.29, 0.717) is 0 Å². The number of nitrogens with zero attached hydrogens (tertiary/aromatic N) is 1. The molecule has 3 aromatic rings. The summed E-state index contributed by atoms with van der Waals surface area (Å²) < 4.78 is 0. The highest BCUT2D eigenvalue weighted by Crippen LogP contribution is 2.28. The molecule has 1 aliphatic rings. The molecule has 0 spiro atoms. The van der Waals surface area contributed by atoms with Crippen molar-refractivity contribution in [2.45, 2.75) is 12.5 Å². The summed E-state index contributed by atoms with van der Waals surface area (Å²) in [5.74, 6) is 0. The van der Waals surface area contributed by atoms with Crippen LogP contribution in [0, 0.1) is 0 Å². The number of benzene rings is 2. The van der Waals surface area contributed by atoms with Gasteiger partial charge >= 0.3 is 0 Å². The Bertz CT molecular complexity index is 774. The Morgan fingerprint density at radius 2 is 1.64 bits per heavy atom. The molecule has 0 saturated carbocycles. The van der Waals surface area contributed by atoms with Crippen LogP contribution in [0.1, 0.15) is 22.9 Å². The second kappa shape index (κ2) is 5.78. The van der Waals surface area contributed by atoms with Gasteiger partial charge in [0.1, 0.15) is 0 Å². The fraction of sp³-hybridized carbons (Fsp3) is 0.105. The number of hydrogen-bond donors (Lipinski definition) is 1. The molecule has 0 bridgehead atoms. The highest BCUT2D eigenvalue weighted by Gasteiger charge is 2.21. The summed E-state index contributed by atoms with van der Waals surface area (Å²) in [5, 5.41) is 6.59. The van der Waals surface area contributed by atoms with E-state index in [9.17, 15) is 0 Å². The predicted molar refractivity (Wildman–Crippen MR) is 93.2 cm³/mol. The van der Waals surface area contributed by atoms with E-state index >= 15 is 0 Å². The molecule has 1 aliphatic heterocycles. The summed E-state index contributed by atoms with van der Waals surface area (Å²) in [4.78, 5) is 1.26. The lowest BCUT2D eigenvalue weighted by Crippen LogP contribution is -2.09. The number of rotatable bonds is 3. The van der Waals surface area contributed by atoms with E-state index in [2.05, 4.69) is 76.6 Å². The molecule has 0 fully saturated rings. The van der Waals surface area contributed by atoms with Crippen LogP contribution >= 0.6 is 11.3 Å². The summed E-state index contributed by atoms with van der Waals surface area (Å²) in [6, 6.07) is 23.7. The van der Waals surface area contributed by atoms with Crippen molar-refractivity contribution in [3.63, 3.8) is 0 Å². The second-order valence-electron chi connectivity index (χ2n) is 5.41. The number of hydrazone groups is 1. The van der Waals surface area contributed by atoms with Gasteiger partial charge < -0.3 is 5.43 Å². The van der Waals surface area contributed by atoms with Crippen molar-refractivity contribution in [3.05, 3.63) is 82.6 Å². The van der Waals surface area contributed by atoms with Gasteiger partial charge in [-0.15, -0.1) is 11.3 Å². The number of hydrogen-bond acceptors (Lipinski definition) is 3. The van der Waals surface area contributed by atoms with Crippen molar-refractivity contribution in [2.75, 3.05) is 0 Å². The van der Waals surface area contributed by atoms with Gasteiger partial charge in [-0.1, -0.05) is 60.7 Å². The van der Waals surface area contributed by atoms with Crippen molar-refractivity contribution in [2.24, 2.45) is 5.10 Å². The molecule has 0 amide bonds. The van der Waals surface area contributed by atoms with Crippen LogP contribution < -0.4 is 5.43 Å². The average Bonchev–Trinajstić information content (AvgIpc) is 3.27. The minimum absolute atomic E-state index is 0.280. The molecule has 1 atom stereocenters. The monoisotopic (exact) mass is 304 g/mol. The molecule has 4 rings (SSSR count). The molecule has 2 nitrogen and oxygen atoms in total. The van der Waals surface area contributed by atoms with Gasteiger partial charge in [-0.05, 0) is 28.1 Å². The molecule has 2 aromatic carbocycles. The molecule has 2 heterocycles.